The molecule has 0 fully saturated rings. The van der Waals surface area contributed by atoms with Gasteiger partial charge in [0.25, 0.3) is 0 Å². The minimum atomic E-state index is 0.515. The Labute approximate surface area is 88.1 Å². The molecule has 1 heteroatoms. The van der Waals surface area contributed by atoms with Crippen molar-refractivity contribution < 1.29 is 0 Å². The molecule has 1 unspecified atom stereocenters. The van der Waals surface area contributed by atoms with Gasteiger partial charge in [-0.05, 0) is 31.3 Å². The van der Waals surface area contributed by atoms with E-state index in [1.165, 1.54) is 5.57 Å². The molecule has 0 saturated carbocycles. The van der Waals surface area contributed by atoms with Crippen LogP contribution in [-0.2, 0) is 0 Å². The summed E-state index contributed by atoms with van der Waals surface area (Å²) in [5.74, 6) is 0.515. The molecule has 0 aliphatic heterocycles. The van der Waals surface area contributed by atoms with Crippen LogP contribution in [0, 0.1) is 17.2 Å². The molecule has 14 heavy (non-hydrogen) atoms. The topological polar surface area (TPSA) is 23.8 Å². The Hall–Kier alpha value is -1.03. The van der Waals surface area contributed by atoms with Crippen LogP contribution >= 0.6 is 0 Å². The first-order valence-electron chi connectivity index (χ1n) is 5.37. The number of allylic oxidation sites excluding steroid dienone is 3. The number of nitriles is 1. The van der Waals surface area contributed by atoms with E-state index in [4.69, 9.17) is 5.26 Å². The zero-order chi connectivity index (χ0) is 11.0. The summed E-state index contributed by atoms with van der Waals surface area (Å²) < 4.78 is 0. The Kier molecular flexibility index (Phi) is 6.84. The average Bonchev–Trinajstić information content (AvgIpc) is 2.16. The van der Waals surface area contributed by atoms with Gasteiger partial charge in [-0.1, -0.05) is 38.5 Å². The Balaban J connectivity index is 4.22. The van der Waals surface area contributed by atoms with E-state index in [1.807, 2.05) is 6.92 Å². The number of rotatable bonds is 6. The lowest BCUT2D eigenvalue weighted by Crippen LogP contribution is -1.96. The van der Waals surface area contributed by atoms with E-state index in [0.717, 1.165) is 24.8 Å². The molecule has 0 N–H and O–H groups in total. The molecule has 0 aromatic rings. The van der Waals surface area contributed by atoms with Crippen LogP contribution in [0.1, 0.15) is 46.5 Å². The van der Waals surface area contributed by atoms with Crippen molar-refractivity contribution in [1.82, 2.24) is 0 Å². The summed E-state index contributed by atoms with van der Waals surface area (Å²) in [5.41, 5.74) is 2.49. The third-order valence-corrected chi connectivity index (χ3v) is 2.58. The first kappa shape index (κ1) is 13.0. The molecule has 0 spiro atoms. The first-order chi connectivity index (χ1) is 6.65. The molecular formula is C13H21N. The molecule has 1 nitrogen and oxygen atoms in total. The maximum Gasteiger partial charge on any atom is 0.0624 e. The van der Waals surface area contributed by atoms with Crippen molar-refractivity contribution in [1.29, 1.82) is 5.26 Å². The zero-order valence-corrected chi connectivity index (χ0v) is 9.64. The monoisotopic (exact) mass is 191 g/mol. The molecule has 1 atom stereocenters. The second kappa shape index (κ2) is 7.38. The largest absolute Gasteiger partial charge is 0.198 e. The highest BCUT2D eigenvalue weighted by molar-refractivity contribution is 5.25. The van der Waals surface area contributed by atoms with E-state index in [1.54, 1.807) is 0 Å². The van der Waals surface area contributed by atoms with Crippen LogP contribution in [-0.4, -0.2) is 0 Å². The highest BCUT2D eigenvalue weighted by Gasteiger charge is 2.04. The predicted octanol–water partition coefficient (Wildman–Crippen LogP) is 4.23. The van der Waals surface area contributed by atoms with Crippen LogP contribution in [0.3, 0.4) is 0 Å². The summed E-state index contributed by atoms with van der Waals surface area (Å²) in [6.07, 6.45) is 6.05. The van der Waals surface area contributed by atoms with Crippen LogP contribution < -0.4 is 0 Å². The summed E-state index contributed by atoms with van der Waals surface area (Å²) in [6.45, 7) is 10.3. The van der Waals surface area contributed by atoms with E-state index >= 15 is 0 Å². The lowest BCUT2D eigenvalue weighted by Gasteiger charge is -2.09. The molecular weight excluding hydrogens is 170 g/mol. The standard InChI is InChI=1S/C13H21N/c1-5-12(9-10-14)7-8-13(6-2)11(3)4/h8,12H,3,5-7,9H2,1-2,4H3/b13-8+. The van der Waals surface area contributed by atoms with Gasteiger partial charge >= 0.3 is 0 Å². The average molecular weight is 191 g/mol. The minimum absolute atomic E-state index is 0.515. The van der Waals surface area contributed by atoms with Crippen molar-refractivity contribution in [3.8, 4) is 6.07 Å². The van der Waals surface area contributed by atoms with Gasteiger partial charge in [-0.3, -0.25) is 0 Å². The highest BCUT2D eigenvalue weighted by atomic mass is 14.2. The molecule has 0 bridgehead atoms. The third-order valence-electron chi connectivity index (χ3n) is 2.58. The second-order valence-corrected chi connectivity index (χ2v) is 3.74. The normalized spacial score (nSPS) is 13.4. The van der Waals surface area contributed by atoms with Crippen molar-refractivity contribution >= 4 is 0 Å². The van der Waals surface area contributed by atoms with Gasteiger partial charge in [-0.2, -0.15) is 5.26 Å². The van der Waals surface area contributed by atoms with E-state index in [2.05, 4.69) is 32.6 Å². The summed E-state index contributed by atoms with van der Waals surface area (Å²) >= 11 is 0. The number of hydrogen-bond acceptors (Lipinski definition) is 1. The Morgan fingerprint density at radius 2 is 2.14 bits per heavy atom. The van der Waals surface area contributed by atoms with Gasteiger partial charge < -0.3 is 0 Å². The van der Waals surface area contributed by atoms with Crippen molar-refractivity contribution in [2.24, 2.45) is 5.92 Å². The van der Waals surface area contributed by atoms with Gasteiger partial charge in [0.05, 0.1) is 6.07 Å². The van der Waals surface area contributed by atoms with Gasteiger partial charge in [0, 0.05) is 6.42 Å². The second-order valence-electron chi connectivity index (χ2n) is 3.74. The highest BCUT2D eigenvalue weighted by Crippen LogP contribution is 2.18. The van der Waals surface area contributed by atoms with Gasteiger partial charge in [-0.15, -0.1) is 0 Å². The maximum absolute atomic E-state index is 8.61. The van der Waals surface area contributed by atoms with Crippen molar-refractivity contribution in [3.63, 3.8) is 0 Å². The lowest BCUT2D eigenvalue weighted by molar-refractivity contribution is 0.527. The van der Waals surface area contributed by atoms with E-state index in [9.17, 15) is 0 Å². The molecule has 0 radical (unpaired) electrons. The molecule has 0 rings (SSSR count). The SMILES string of the molecule is C=C(C)/C(=C/CC(CC)CC#N)CC. The van der Waals surface area contributed by atoms with Gasteiger partial charge in [0.2, 0.25) is 0 Å². The predicted molar refractivity (Wildman–Crippen MR) is 61.8 cm³/mol. The fraction of sp³-hybridized carbons (Fsp3) is 0.615. The van der Waals surface area contributed by atoms with Crippen molar-refractivity contribution in [3.05, 3.63) is 23.8 Å². The summed E-state index contributed by atoms with van der Waals surface area (Å²) in [4.78, 5) is 0. The molecule has 0 heterocycles. The van der Waals surface area contributed by atoms with Crippen LogP contribution in [0.4, 0.5) is 0 Å². The summed E-state index contributed by atoms with van der Waals surface area (Å²) in [5, 5.41) is 8.61. The fourth-order valence-electron chi connectivity index (χ4n) is 1.45. The molecule has 0 aliphatic carbocycles. The summed E-state index contributed by atoms with van der Waals surface area (Å²) in [7, 11) is 0. The Bertz CT molecular complexity index is 242. The first-order valence-corrected chi connectivity index (χ1v) is 5.37. The molecule has 0 saturated heterocycles. The van der Waals surface area contributed by atoms with E-state index < -0.39 is 0 Å². The molecule has 0 aromatic carbocycles. The van der Waals surface area contributed by atoms with Gasteiger partial charge in [0.1, 0.15) is 0 Å². The van der Waals surface area contributed by atoms with Gasteiger partial charge in [-0.25, -0.2) is 0 Å². The minimum Gasteiger partial charge on any atom is -0.198 e. The fourth-order valence-corrected chi connectivity index (χ4v) is 1.45. The third kappa shape index (κ3) is 4.87. The van der Waals surface area contributed by atoms with Crippen LogP contribution in [0.2, 0.25) is 0 Å². The van der Waals surface area contributed by atoms with Crippen LogP contribution in [0.25, 0.3) is 0 Å². The van der Waals surface area contributed by atoms with Crippen molar-refractivity contribution in [2.45, 2.75) is 46.5 Å². The molecule has 0 aliphatic rings. The maximum atomic E-state index is 8.61. The zero-order valence-electron chi connectivity index (χ0n) is 9.64. The lowest BCUT2D eigenvalue weighted by atomic mass is 9.96. The summed E-state index contributed by atoms with van der Waals surface area (Å²) in [6, 6.07) is 2.24. The quantitative estimate of drug-likeness (QED) is 0.576. The van der Waals surface area contributed by atoms with E-state index in [-0.39, 0.29) is 0 Å². The van der Waals surface area contributed by atoms with Crippen LogP contribution in [0.5, 0.6) is 0 Å². The van der Waals surface area contributed by atoms with Crippen molar-refractivity contribution in [2.75, 3.05) is 0 Å². The number of hydrogen-bond donors (Lipinski definition) is 0. The molecule has 0 amide bonds. The van der Waals surface area contributed by atoms with Gasteiger partial charge in [0.15, 0.2) is 0 Å². The Morgan fingerprint density at radius 3 is 2.50 bits per heavy atom. The molecule has 78 valence electrons. The molecule has 0 aromatic heterocycles. The van der Waals surface area contributed by atoms with Crippen LogP contribution in [0.15, 0.2) is 23.8 Å². The number of nitrogens with zero attached hydrogens (tertiary/aromatic N) is 1. The van der Waals surface area contributed by atoms with E-state index in [0.29, 0.717) is 12.3 Å². The smallest absolute Gasteiger partial charge is 0.0624 e. The Morgan fingerprint density at radius 1 is 1.50 bits per heavy atom.